The first-order valence-electron chi connectivity index (χ1n) is 19.4. The van der Waals surface area contributed by atoms with Crippen LogP contribution in [0, 0.1) is 0 Å². The van der Waals surface area contributed by atoms with Crippen molar-refractivity contribution in [2.75, 3.05) is 83.9 Å². The minimum Gasteiger partial charge on any atom is -0.480 e. The maximum absolute atomic E-state index is 12.9. The third-order valence-corrected chi connectivity index (χ3v) is 9.01. The van der Waals surface area contributed by atoms with Crippen LogP contribution in [0.2, 0.25) is 0 Å². The van der Waals surface area contributed by atoms with Crippen LogP contribution in [-0.4, -0.2) is 192 Å². The molecule has 0 aliphatic rings. The maximum atomic E-state index is 12.9. The van der Waals surface area contributed by atoms with E-state index in [9.17, 15) is 53.7 Å². The van der Waals surface area contributed by atoms with Gasteiger partial charge in [-0.3, -0.25) is 52.9 Å². The number of aromatic amines is 1. The number of H-pyrrole nitrogens is 1. The van der Waals surface area contributed by atoms with E-state index >= 15 is 0 Å². The van der Waals surface area contributed by atoms with E-state index in [1.807, 2.05) is 4.68 Å². The van der Waals surface area contributed by atoms with Gasteiger partial charge in [-0.15, -0.1) is 0 Å². The van der Waals surface area contributed by atoms with Crippen molar-refractivity contribution in [3.8, 4) is 0 Å². The van der Waals surface area contributed by atoms with E-state index < -0.39 is 79.8 Å². The van der Waals surface area contributed by atoms with Crippen molar-refractivity contribution in [3.05, 3.63) is 42.4 Å². The van der Waals surface area contributed by atoms with Crippen molar-refractivity contribution in [1.82, 2.24) is 50.4 Å². The zero-order chi connectivity index (χ0) is 44.7. The summed E-state index contributed by atoms with van der Waals surface area (Å²) in [5.74, 6) is -7.22. The van der Waals surface area contributed by atoms with Gasteiger partial charge in [-0.25, -0.2) is 9.78 Å². The lowest BCUT2D eigenvalue weighted by molar-refractivity contribution is -0.143. The number of carboxylic acids is 5. The summed E-state index contributed by atoms with van der Waals surface area (Å²) in [7, 11) is 0. The average Bonchev–Trinajstić information content (AvgIpc) is 3.86. The van der Waals surface area contributed by atoms with Gasteiger partial charge in [0.15, 0.2) is 5.95 Å². The molecule has 3 aromatic rings. The van der Waals surface area contributed by atoms with E-state index in [1.54, 1.807) is 36.8 Å². The second kappa shape index (κ2) is 25.7. The number of carbonyl (C=O) groups is 8. The van der Waals surface area contributed by atoms with Gasteiger partial charge in [0.1, 0.15) is 6.04 Å². The van der Waals surface area contributed by atoms with Gasteiger partial charge in [0, 0.05) is 82.1 Å². The minimum absolute atomic E-state index is 0.0187. The molecule has 3 amide bonds. The number of carbonyl (C=O) groups excluding carboxylic acids is 3. The molecule has 1 unspecified atom stereocenters. The summed E-state index contributed by atoms with van der Waals surface area (Å²) in [5, 5.41) is 62.3. The quantitative estimate of drug-likeness (QED) is 0.0319. The van der Waals surface area contributed by atoms with Crippen molar-refractivity contribution in [2.45, 2.75) is 44.7 Å². The Kier molecular flexibility index (Phi) is 20.6. The monoisotopic (exact) mass is 859 g/mol. The number of anilines is 1. The fourth-order valence-corrected chi connectivity index (χ4v) is 6.07. The van der Waals surface area contributed by atoms with E-state index in [-0.39, 0.29) is 52.2 Å². The van der Waals surface area contributed by atoms with E-state index in [2.05, 4.69) is 36.3 Å². The number of rotatable bonds is 32. The van der Waals surface area contributed by atoms with Gasteiger partial charge in [0.25, 0.3) is 5.91 Å². The van der Waals surface area contributed by atoms with E-state index in [0.717, 1.165) is 22.2 Å². The van der Waals surface area contributed by atoms with Gasteiger partial charge in [0.05, 0.1) is 44.4 Å². The lowest BCUT2D eigenvalue weighted by atomic mass is 10.1. The van der Waals surface area contributed by atoms with E-state index in [0.29, 0.717) is 43.9 Å². The van der Waals surface area contributed by atoms with Gasteiger partial charge in [0.2, 0.25) is 11.8 Å². The average molecular weight is 860 g/mol. The first kappa shape index (κ1) is 48.7. The summed E-state index contributed by atoms with van der Waals surface area (Å²) in [6.07, 6.45) is 7.04. The fraction of sp³-hybridized carbons (Fsp3) is 0.514. The van der Waals surface area contributed by atoms with Crippen LogP contribution in [0.3, 0.4) is 0 Å². The first-order valence-corrected chi connectivity index (χ1v) is 19.4. The number of aromatic nitrogens is 4. The first-order chi connectivity index (χ1) is 29.1. The molecule has 2 heterocycles. The van der Waals surface area contributed by atoms with Crippen molar-refractivity contribution >= 4 is 64.4 Å². The van der Waals surface area contributed by atoms with E-state index in [4.69, 9.17) is 10.2 Å². The van der Waals surface area contributed by atoms with Crippen LogP contribution in [0.1, 0.15) is 42.5 Å². The molecule has 10 N–H and O–H groups in total. The second-order valence-electron chi connectivity index (χ2n) is 14.0. The van der Waals surface area contributed by atoms with E-state index in [1.165, 1.54) is 9.80 Å². The zero-order valence-electron chi connectivity index (χ0n) is 33.5. The molecule has 1 aromatic carbocycles. The molecular weight excluding hydrogens is 806 g/mol. The Balaban J connectivity index is 1.36. The van der Waals surface area contributed by atoms with Crippen LogP contribution in [0.15, 0.2) is 36.8 Å². The number of benzene rings is 1. The van der Waals surface area contributed by atoms with Gasteiger partial charge >= 0.3 is 29.8 Å². The number of fused-ring (bicyclic) bond motifs is 1. The lowest BCUT2D eigenvalue weighted by Crippen LogP contribution is -2.48. The molecule has 2 aromatic heterocycles. The number of aliphatic carboxylic acids is 5. The highest BCUT2D eigenvalue weighted by molar-refractivity contribution is 5.98. The van der Waals surface area contributed by atoms with Crippen LogP contribution in [0.5, 0.6) is 0 Å². The molecule has 0 spiro atoms. The molecule has 24 heteroatoms. The Morgan fingerprint density at radius 2 is 1.33 bits per heavy atom. The number of amides is 3. The second-order valence-corrected chi connectivity index (χ2v) is 14.0. The number of aryl methyl sites for hydroxylation is 1. The molecule has 3 rings (SSSR count). The summed E-state index contributed by atoms with van der Waals surface area (Å²) in [6.45, 7) is -1.60. The van der Waals surface area contributed by atoms with Gasteiger partial charge in [-0.05, 0) is 37.5 Å². The zero-order valence-corrected chi connectivity index (χ0v) is 33.5. The van der Waals surface area contributed by atoms with Gasteiger partial charge in [-0.1, -0.05) is 6.42 Å². The summed E-state index contributed by atoms with van der Waals surface area (Å²) in [6, 6.07) is 3.63. The van der Waals surface area contributed by atoms with Crippen molar-refractivity contribution in [1.29, 1.82) is 0 Å². The third-order valence-electron chi connectivity index (χ3n) is 9.01. The molecule has 0 saturated carbocycles. The molecule has 0 fully saturated rings. The molecule has 61 heavy (non-hydrogen) atoms. The lowest BCUT2D eigenvalue weighted by Gasteiger charge is -2.27. The molecule has 0 aliphatic heterocycles. The Morgan fingerprint density at radius 1 is 0.705 bits per heavy atom. The largest absolute Gasteiger partial charge is 0.480 e. The number of imidazole rings is 1. The smallest absolute Gasteiger partial charge is 0.328 e. The minimum atomic E-state index is -1.38. The van der Waals surface area contributed by atoms with Crippen LogP contribution >= 0.6 is 0 Å². The van der Waals surface area contributed by atoms with Crippen molar-refractivity contribution < 1.29 is 63.9 Å². The molecular formula is C37H53N11O13. The molecule has 0 radical (unpaired) electrons. The highest BCUT2D eigenvalue weighted by Gasteiger charge is 2.22. The summed E-state index contributed by atoms with van der Waals surface area (Å²) in [5.41, 5.74) is 1.12. The normalized spacial score (nSPS) is 11.7. The SMILES string of the molecule is O=C(O)CN(CCN(CC(=O)O)CC(=O)O)CCN(CC(=O)O)CC(=O)NCCCCCC(=O)NC(CNC(=O)c1ccc2c(cnn2CCCNc2ncc[nH]2)c1)C(=O)O. The molecule has 0 aliphatic carbocycles. The number of nitrogens with one attached hydrogen (secondary N) is 5. The highest BCUT2D eigenvalue weighted by atomic mass is 16.4. The number of carboxylic acid groups (broad SMARTS) is 5. The van der Waals surface area contributed by atoms with Crippen LogP contribution in [-0.2, 0) is 40.1 Å². The Bertz CT molecular complexity index is 1920. The Labute approximate surface area is 349 Å². The number of hydrogen-bond acceptors (Lipinski definition) is 14. The van der Waals surface area contributed by atoms with Crippen molar-refractivity contribution in [2.24, 2.45) is 0 Å². The molecule has 334 valence electrons. The van der Waals surface area contributed by atoms with Crippen LogP contribution in [0.4, 0.5) is 5.95 Å². The van der Waals surface area contributed by atoms with Crippen LogP contribution in [0.25, 0.3) is 10.9 Å². The number of nitrogens with zero attached hydrogens (tertiary/aromatic N) is 6. The van der Waals surface area contributed by atoms with Crippen molar-refractivity contribution in [3.63, 3.8) is 0 Å². The third kappa shape index (κ3) is 19.3. The Hall–Kier alpha value is -6.66. The fourth-order valence-electron chi connectivity index (χ4n) is 6.07. The summed E-state index contributed by atoms with van der Waals surface area (Å²) >= 11 is 0. The summed E-state index contributed by atoms with van der Waals surface area (Å²) in [4.78, 5) is 106. The molecule has 24 nitrogen and oxygen atoms in total. The maximum Gasteiger partial charge on any atom is 0.328 e. The predicted octanol–water partition coefficient (Wildman–Crippen LogP) is -1.52. The van der Waals surface area contributed by atoms with Gasteiger partial charge < -0.3 is 51.8 Å². The summed E-state index contributed by atoms with van der Waals surface area (Å²) < 4.78 is 1.82. The molecule has 0 saturated heterocycles. The number of hydrogen-bond donors (Lipinski definition) is 10. The highest BCUT2D eigenvalue weighted by Crippen LogP contribution is 2.16. The topological polar surface area (TPSA) is 342 Å². The molecule has 1 atom stereocenters. The molecule has 0 bridgehead atoms. The number of unbranched alkanes of at least 4 members (excludes halogenated alkanes) is 2. The Morgan fingerprint density at radius 3 is 1.93 bits per heavy atom. The predicted molar refractivity (Wildman–Crippen MR) is 215 cm³/mol. The van der Waals surface area contributed by atoms with Gasteiger partial charge in [-0.2, -0.15) is 5.10 Å². The standard InChI is InChI=1S/C37H53N11O13/c49-29(44-27(36(60)61)19-42-35(59)25-6-7-28-26(17-25)18-43-48(28)12-4-9-39-37-40-10-11-41-37)5-2-1-3-8-38-30(50)20-46(22-32(53)54)15-13-45(21-31(51)52)14-16-47(23-33(55)56)24-34(57)58/h6-7,10-11,17-18,27H,1-5,8-9,12-16,19-24H2,(H,38,50)(H,42,59)(H,44,49)(H,51,52)(H,53,54)(H,55,56)(H,57,58)(H,60,61)(H2,39,40,41). The van der Waals surface area contributed by atoms with Crippen LogP contribution < -0.4 is 21.3 Å².